The van der Waals surface area contributed by atoms with E-state index >= 15 is 0 Å². The van der Waals surface area contributed by atoms with E-state index in [9.17, 15) is 9.59 Å². The van der Waals surface area contributed by atoms with E-state index in [1.807, 2.05) is 36.4 Å². The number of hydrogen-bond donors (Lipinski definition) is 1. The molecule has 4 nitrogen and oxygen atoms in total. The van der Waals surface area contributed by atoms with Crippen LogP contribution in [0.25, 0.3) is 6.08 Å². The van der Waals surface area contributed by atoms with Crippen molar-refractivity contribution in [2.75, 3.05) is 0 Å². The lowest BCUT2D eigenvalue weighted by Gasteiger charge is -2.17. The normalized spacial score (nSPS) is 16.5. The van der Waals surface area contributed by atoms with Crippen molar-refractivity contribution >= 4 is 17.8 Å². The lowest BCUT2D eigenvalue weighted by Crippen LogP contribution is -2.22. The van der Waals surface area contributed by atoms with Crippen LogP contribution in [0, 0.1) is 0 Å². The first-order valence-corrected chi connectivity index (χ1v) is 7.87. The van der Waals surface area contributed by atoms with Crippen LogP contribution in [0.1, 0.15) is 34.8 Å². The predicted octanol–water partition coefficient (Wildman–Crippen LogP) is 3.75. The maximum Gasteiger partial charge on any atom is 0.344 e. The molecule has 2 aromatic rings. The van der Waals surface area contributed by atoms with Crippen molar-refractivity contribution in [3.05, 3.63) is 70.8 Å². The number of fused-ring (bicyclic) bond motifs is 1. The minimum Gasteiger partial charge on any atom is -0.479 e. The average Bonchev–Trinajstić information content (AvgIpc) is 2.58. The molecule has 0 fully saturated rings. The number of carbonyl (C=O) groups excluding carboxylic acids is 1. The Morgan fingerprint density at radius 2 is 1.96 bits per heavy atom. The van der Waals surface area contributed by atoms with Gasteiger partial charge in [-0.25, -0.2) is 4.79 Å². The van der Waals surface area contributed by atoms with E-state index in [4.69, 9.17) is 9.84 Å². The molecule has 0 aliphatic heterocycles. The lowest BCUT2D eigenvalue weighted by molar-refractivity contribution is -0.144. The molecule has 0 radical (unpaired) electrons. The molecule has 0 aromatic heterocycles. The van der Waals surface area contributed by atoms with Gasteiger partial charge in [0.15, 0.2) is 11.9 Å². The number of hydrogen-bond acceptors (Lipinski definition) is 3. The lowest BCUT2D eigenvalue weighted by atomic mass is 9.86. The standard InChI is InChI=1S/C20H18O4/c1-13(20(22)23)24-17-7-4-5-14(12-17)11-16-10-9-15-6-2-3-8-18(15)19(16)21/h2-8,11-13H,9-10H2,1H3,(H,22,23)/b16-11+/t13-/m0/s1. The summed E-state index contributed by atoms with van der Waals surface area (Å²) < 4.78 is 5.37. The SMILES string of the molecule is C[C@H](Oc1cccc(/C=C2\CCc3ccccc3C2=O)c1)C(=O)O. The number of aryl methyl sites for hydroxylation is 1. The predicted molar refractivity (Wildman–Crippen MR) is 91.2 cm³/mol. The first-order chi connectivity index (χ1) is 11.5. The molecule has 0 spiro atoms. The summed E-state index contributed by atoms with van der Waals surface area (Å²) in [5, 5.41) is 8.92. The van der Waals surface area contributed by atoms with E-state index in [2.05, 4.69) is 0 Å². The minimum absolute atomic E-state index is 0.0575. The second-order valence-corrected chi connectivity index (χ2v) is 5.83. The molecule has 0 saturated carbocycles. The Hall–Kier alpha value is -2.88. The summed E-state index contributed by atoms with van der Waals surface area (Å²) in [6, 6.07) is 14.8. The Bertz CT molecular complexity index is 820. The molecule has 1 N–H and O–H groups in total. The summed E-state index contributed by atoms with van der Waals surface area (Å²) >= 11 is 0. The van der Waals surface area contributed by atoms with Gasteiger partial charge in [0.2, 0.25) is 0 Å². The second kappa shape index (κ2) is 6.71. The highest BCUT2D eigenvalue weighted by atomic mass is 16.5. The van der Waals surface area contributed by atoms with Crippen LogP contribution in [0.2, 0.25) is 0 Å². The highest BCUT2D eigenvalue weighted by molar-refractivity contribution is 6.13. The van der Waals surface area contributed by atoms with Crippen LogP contribution < -0.4 is 4.74 Å². The van der Waals surface area contributed by atoms with Gasteiger partial charge in [-0.3, -0.25) is 4.79 Å². The van der Waals surface area contributed by atoms with Gasteiger partial charge in [-0.1, -0.05) is 36.4 Å². The minimum atomic E-state index is -1.02. The molecule has 0 amide bonds. The van der Waals surface area contributed by atoms with Gasteiger partial charge in [0.25, 0.3) is 0 Å². The van der Waals surface area contributed by atoms with Crippen molar-refractivity contribution in [2.24, 2.45) is 0 Å². The fraction of sp³-hybridized carbons (Fsp3) is 0.200. The Labute approximate surface area is 140 Å². The maximum atomic E-state index is 12.6. The molecule has 1 aliphatic carbocycles. The Kier molecular flexibility index (Phi) is 4.47. The molecular weight excluding hydrogens is 304 g/mol. The largest absolute Gasteiger partial charge is 0.479 e. The number of carboxylic acid groups (broad SMARTS) is 1. The molecule has 0 unspecified atom stereocenters. The van der Waals surface area contributed by atoms with Gasteiger partial charge in [0.1, 0.15) is 5.75 Å². The van der Waals surface area contributed by atoms with Crippen molar-refractivity contribution in [2.45, 2.75) is 25.9 Å². The Balaban J connectivity index is 1.84. The van der Waals surface area contributed by atoms with Gasteiger partial charge in [-0.05, 0) is 49.1 Å². The molecule has 1 aliphatic rings. The zero-order valence-electron chi connectivity index (χ0n) is 13.4. The molecule has 3 rings (SSSR count). The zero-order chi connectivity index (χ0) is 17.1. The van der Waals surface area contributed by atoms with E-state index in [1.165, 1.54) is 6.92 Å². The van der Waals surface area contributed by atoms with Crippen molar-refractivity contribution < 1.29 is 19.4 Å². The summed E-state index contributed by atoms with van der Waals surface area (Å²) in [7, 11) is 0. The summed E-state index contributed by atoms with van der Waals surface area (Å²) in [5.74, 6) is -0.484. The summed E-state index contributed by atoms with van der Waals surface area (Å²) in [4.78, 5) is 23.5. The number of ketones is 1. The Morgan fingerprint density at radius 1 is 1.17 bits per heavy atom. The first-order valence-electron chi connectivity index (χ1n) is 7.87. The quantitative estimate of drug-likeness (QED) is 0.871. The molecule has 2 aromatic carbocycles. The third-order valence-corrected chi connectivity index (χ3v) is 4.08. The number of carbonyl (C=O) groups is 2. The number of rotatable bonds is 4. The third kappa shape index (κ3) is 3.38. The average molecular weight is 322 g/mol. The van der Waals surface area contributed by atoms with Gasteiger partial charge in [-0.15, -0.1) is 0 Å². The van der Waals surface area contributed by atoms with Crippen LogP contribution in [-0.2, 0) is 11.2 Å². The molecular formula is C20H18O4. The first kappa shape index (κ1) is 16.0. The second-order valence-electron chi connectivity index (χ2n) is 5.83. The Morgan fingerprint density at radius 3 is 2.75 bits per heavy atom. The number of ether oxygens (including phenoxy) is 1. The molecule has 24 heavy (non-hydrogen) atoms. The van der Waals surface area contributed by atoms with Gasteiger partial charge in [0.05, 0.1) is 0 Å². The highest BCUT2D eigenvalue weighted by Gasteiger charge is 2.21. The third-order valence-electron chi connectivity index (χ3n) is 4.08. The molecule has 4 heteroatoms. The zero-order valence-corrected chi connectivity index (χ0v) is 13.4. The summed E-state index contributed by atoms with van der Waals surface area (Å²) in [5.41, 5.74) is 3.44. The highest BCUT2D eigenvalue weighted by Crippen LogP contribution is 2.27. The van der Waals surface area contributed by atoms with Gasteiger partial charge in [-0.2, -0.15) is 0 Å². The topological polar surface area (TPSA) is 63.6 Å². The smallest absolute Gasteiger partial charge is 0.344 e. The van der Waals surface area contributed by atoms with Crippen LogP contribution in [0.4, 0.5) is 0 Å². The molecule has 122 valence electrons. The van der Waals surface area contributed by atoms with Crippen molar-refractivity contribution in [3.63, 3.8) is 0 Å². The van der Waals surface area contributed by atoms with Gasteiger partial charge < -0.3 is 9.84 Å². The number of benzene rings is 2. The van der Waals surface area contributed by atoms with Crippen molar-refractivity contribution in [3.8, 4) is 5.75 Å². The van der Waals surface area contributed by atoms with Gasteiger partial charge in [0, 0.05) is 11.1 Å². The van der Waals surface area contributed by atoms with E-state index in [1.54, 1.807) is 18.2 Å². The van der Waals surface area contributed by atoms with E-state index in [0.717, 1.165) is 28.7 Å². The van der Waals surface area contributed by atoms with Crippen LogP contribution in [0.3, 0.4) is 0 Å². The van der Waals surface area contributed by atoms with Crippen molar-refractivity contribution in [1.29, 1.82) is 0 Å². The van der Waals surface area contributed by atoms with E-state index in [-0.39, 0.29) is 5.78 Å². The van der Waals surface area contributed by atoms with Gasteiger partial charge >= 0.3 is 5.97 Å². The van der Waals surface area contributed by atoms with Crippen LogP contribution in [0.5, 0.6) is 5.75 Å². The molecule has 0 saturated heterocycles. The summed E-state index contributed by atoms with van der Waals surface area (Å²) in [6.07, 6.45) is 2.49. The molecule has 0 heterocycles. The van der Waals surface area contributed by atoms with E-state index in [0.29, 0.717) is 12.2 Å². The van der Waals surface area contributed by atoms with Crippen molar-refractivity contribution in [1.82, 2.24) is 0 Å². The molecule has 1 atom stereocenters. The summed E-state index contributed by atoms with van der Waals surface area (Å²) in [6.45, 7) is 1.48. The van der Waals surface area contributed by atoms with Crippen LogP contribution in [-0.4, -0.2) is 23.0 Å². The van der Waals surface area contributed by atoms with Crippen LogP contribution in [0.15, 0.2) is 54.1 Å². The monoisotopic (exact) mass is 322 g/mol. The number of Topliss-reactive ketones (excluding diaryl/α,β-unsaturated/α-hetero) is 1. The number of allylic oxidation sites excluding steroid dienone is 1. The molecule has 0 bridgehead atoms. The number of carboxylic acids is 1. The van der Waals surface area contributed by atoms with Crippen LogP contribution >= 0.6 is 0 Å². The maximum absolute atomic E-state index is 12.6. The fourth-order valence-electron chi connectivity index (χ4n) is 2.79. The fourth-order valence-corrected chi connectivity index (χ4v) is 2.79. The van der Waals surface area contributed by atoms with E-state index < -0.39 is 12.1 Å². The number of aliphatic carboxylic acids is 1.